The first-order valence-corrected chi connectivity index (χ1v) is 6.87. The first-order chi connectivity index (χ1) is 8.07. The van der Waals surface area contributed by atoms with Gasteiger partial charge >= 0.3 is 0 Å². The standard InChI is InChI=1S/2C3H8.2C2H7N.C2H4O.C2H6/c2*1-3-2;3*1-2-3;1-2/h2*3H2,1-2H3;2*2-3H2,1H3;2H,1H3;1-2H3. The number of aldehydes is 1. The number of rotatable bonds is 0. The maximum atomic E-state index is 8.81. The molecule has 0 rings (SSSR count). The zero-order valence-electron chi connectivity index (χ0n) is 14.0. The average molecular weight is 252 g/mol. The molecule has 0 aromatic rings. The Kier molecular flexibility index (Phi) is 333. The van der Waals surface area contributed by atoms with Crippen LogP contribution in [-0.4, -0.2) is 19.4 Å². The molecular formula is C14H40N2O. The van der Waals surface area contributed by atoms with Crippen LogP contribution in [0.1, 0.15) is 75.2 Å². The summed E-state index contributed by atoms with van der Waals surface area (Å²) in [6, 6.07) is 0. The fourth-order valence-electron chi connectivity index (χ4n) is 0. The van der Waals surface area contributed by atoms with Gasteiger partial charge < -0.3 is 16.3 Å². The fourth-order valence-corrected chi connectivity index (χ4v) is 0. The highest BCUT2D eigenvalue weighted by Gasteiger charge is 1.36. The van der Waals surface area contributed by atoms with Gasteiger partial charge in [0.05, 0.1) is 0 Å². The topological polar surface area (TPSA) is 69.1 Å². The molecule has 0 amide bonds. The van der Waals surface area contributed by atoms with E-state index in [0.29, 0.717) is 0 Å². The summed E-state index contributed by atoms with van der Waals surface area (Å²) in [7, 11) is 0. The van der Waals surface area contributed by atoms with Crippen molar-refractivity contribution in [1.29, 1.82) is 0 Å². The van der Waals surface area contributed by atoms with Crippen LogP contribution < -0.4 is 11.5 Å². The Morgan fingerprint density at radius 3 is 0.765 bits per heavy atom. The molecule has 0 fully saturated rings. The Labute approximate surface area is 111 Å². The lowest BCUT2D eigenvalue weighted by Crippen LogP contribution is -1.87. The van der Waals surface area contributed by atoms with Gasteiger partial charge in [-0.3, -0.25) is 0 Å². The van der Waals surface area contributed by atoms with Crippen LogP contribution in [0.5, 0.6) is 0 Å². The second-order valence-electron chi connectivity index (χ2n) is 2.47. The van der Waals surface area contributed by atoms with Gasteiger partial charge in [0, 0.05) is 0 Å². The molecule has 0 radical (unpaired) electrons. The molecule has 0 bridgehead atoms. The second kappa shape index (κ2) is 158. The molecule has 3 heteroatoms. The lowest BCUT2D eigenvalue weighted by Gasteiger charge is -1.53. The van der Waals surface area contributed by atoms with Crippen molar-refractivity contribution in [2.75, 3.05) is 13.1 Å². The van der Waals surface area contributed by atoms with Crippen LogP contribution in [-0.2, 0) is 4.79 Å². The summed E-state index contributed by atoms with van der Waals surface area (Å²) in [6.45, 7) is 19.2. The SMILES string of the molecule is CC.CC=O.CCC.CCC.CCN.CCN. The molecule has 0 saturated carbocycles. The molecule has 112 valence electrons. The highest BCUT2D eigenvalue weighted by Crippen LogP contribution is 1.56. The van der Waals surface area contributed by atoms with Crippen LogP contribution in [0.2, 0.25) is 0 Å². The summed E-state index contributed by atoms with van der Waals surface area (Å²) >= 11 is 0. The van der Waals surface area contributed by atoms with Gasteiger partial charge in [-0.05, 0) is 20.0 Å². The van der Waals surface area contributed by atoms with Crippen LogP contribution in [0.25, 0.3) is 0 Å². The van der Waals surface area contributed by atoms with Crippen molar-refractivity contribution >= 4 is 6.29 Å². The molecule has 17 heavy (non-hydrogen) atoms. The molecule has 0 unspecified atom stereocenters. The van der Waals surface area contributed by atoms with Crippen molar-refractivity contribution in [1.82, 2.24) is 0 Å². The largest absolute Gasteiger partial charge is 0.331 e. The van der Waals surface area contributed by atoms with Crippen molar-refractivity contribution in [2.45, 2.75) is 75.2 Å². The Bertz CT molecular complexity index is 43.5. The van der Waals surface area contributed by atoms with Crippen LogP contribution >= 0.6 is 0 Å². The van der Waals surface area contributed by atoms with Gasteiger partial charge in [-0.15, -0.1) is 0 Å². The molecule has 0 aliphatic heterocycles. The summed E-state index contributed by atoms with van der Waals surface area (Å²) < 4.78 is 0. The van der Waals surface area contributed by atoms with E-state index in [4.69, 9.17) is 16.3 Å². The van der Waals surface area contributed by atoms with E-state index in [-0.39, 0.29) is 0 Å². The summed E-state index contributed by atoms with van der Waals surface area (Å²) in [4.78, 5) is 8.81. The fraction of sp³-hybridized carbons (Fsp3) is 0.929. The summed E-state index contributed by atoms with van der Waals surface area (Å²) in [5, 5.41) is 0. The minimum Gasteiger partial charge on any atom is -0.331 e. The third kappa shape index (κ3) is 17100. The Balaban J connectivity index is -0.0000000215. The van der Waals surface area contributed by atoms with E-state index in [1.54, 1.807) is 0 Å². The van der Waals surface area contributed by atoms with E-state index in [0.717, 1.165) is 19.4 Å². The Morgan fingerprint density at radius 1 is 0.765 bits per heavy atom. The van der Waals surface area contributed by atoms with Crippen molar-refractivity contribution in [3.05, 3.63) is 0 Å². The van der Waals surface area contributed by atoms with Gasteiger partial charge in [-0.1, -0.05) is 68.2 Å². The molecule has 0 aliphatic carbocycles. The minimum atomic E-state index is 0.750. The maximum Gasteiger partial charge on any atom is 0.116 e. The van der Waals surface area contributed by atoms with Crippen LogP contribution in [0.3, 0.4) is 0 Å². The van der Waals surface area contributed by atoms with Crippen LogP contribution in [0, 0.1) is 0 Å². The Morgan fingerprint density at radius 2 is 0.765 bits per heavy atom. The third-order valence-corrected chi connectivity index (χ3v) is 0. The molecule has 3 nitrogen and oxygen atoms in total. The first kappa shape index (κ1) is 36.0. The quantitative estimate of drug-likeness (QED) is 0.640. The lowest BCUT2D eigenvalue weighted by atomic mass is 10.6. The predicted octanol–water partition coefficient (Wildman–Crippen LogP) is 3.99. The smallest absolute Gasteiger partial charge is 0.116 e. The van der Waals surface area contributed by atoms with Gasteiger partial charge in [-0.25, -0.2) is 0 Å². The Hall–Kier alpha value is -0.410. The molecule has 0 spiro atoms. The van der Waals surface area contributed by atoms with Gasteiger partial charge in [0.1, 0.15) is 6.29 Å². The molecule has 0 atom stereocenters. The van der Waals surface area contributed by atoms with Gasteiger partial charge in [0.2, 0.25) is 0 Å². The molecule has 0 saturated heterocycles. The summed E-state index contributed by atoms with van der Waals surface area (Å²) in [5.41, 5.74) is 9.69. The molecule has 0 heterocycles. The van der Waals surface area contributed by atoms with E-state index in [1.165, 1.54) is 19.8 Å². The van der Waals surface area contributed by atoms with E-state index < -0.39 is 0 Å². The molecule has 0 aromatic heterocycles. The van der Waals surface area contributed by atoms with Gasteiger partial charge in [0.15, 0.2) is 0 Å². The highest BCUT2D eigenvalue weighted by molar-refractivity contribution is 5.44. The first-order valence-electron chi connectivity index (χ1n) is 6.87. The third-order valence-electron chi connectivity index (χ3n) is 0. The number of nitrogens with two attached hydrogens (primary N) is 2. The van der Waals surface area contributed by atoms with Crippen LogP contribution in [0.4, 0.5) is 0 Å². The number of carbonyl (C=O) groups excluding carboxylic acids is 1. The van der Waals surface area contributed by atoms with E-state index >= 15 is 0 Å². The number of carbonyl (C=O) groups is 1. The minimum absolute atomic E-state index is 0.750. The zero-order chi connectivity index (χ0) is 15.5. The van der Waals surface area contributed by atoms with Gasteiger partial charge in [-0.2, -0.15) is 0 Å². The summed E-state index contributed by atoms with van der Waals surface area (Å²) in [6.07, 6.45) is 3.25. The number of hydrogen-bond acceptors (Lipinski definition) is 3. The highest BCUT2D eigenvalue weighted by atomic mass is 16.1. The van der Waals surface area contributed by atoms with Crippen molar-refractivity contribution < 1.29 is 4.79 Å². The van der Waals surface area contributed by atoms with Crippen molar-refractivity contribution in [3.8, 4) is 0 Å². The molecule has 0 aromatic carbocycles. The van der Waals surface area contributed by atoms with Crippen molar-refractivity contribution in [3.63, 3.8) is 0 Å². The average Bonchev–Trinajstić information content (AvgIpc) is 2.25. The molecular weight excluding hydrogens is 212 g/mol. The normalized spacial score (nSPS) is 5.35. The van der Waals surface area contributed by atoms with Gasteiger partial charge in [0.25, 0.3) is 0 Å². The molecule has 4 N–H and O–H groups in total. The monoisotopic (exact) mass is 252 g/mol. The zero-order valence-corrected chi connectivity index (χ0v) is 14.0. The molecule has 0 aliphatic rings. The second-order valence-corrected chi connectivity index (χ2v) is 2.47. The summed E-state index contributed by atoms with van der Waals surface area (Å²) in [5.74, 6) is 0. The number of hydrogen-bond donors (Lipinski definition) is 2. The maximum absolute atomic E-state index is 8.81. The van der Waals surface area contributed by atoms with E-state index in [9.17, 15) is 0 Å². The van der Waals surface area contributed by atoms with E-state index in [2.05, 4.69) is 27.7 Å². The lowest BCUT2D eigenvalue weighted by molar-refractivity contribution is -0.106. The van der Waals surface area contributed by atoms with E-state index in [1.807, 2.05) is 27.7 Å². The predicted molar refractivity (Wildman–Crippen MR) is 84.5 cm³/mol. The van der Waals surface area contributed by atoms with Crippen LogP contribution in [0.15, 0.2) is 0 Å². The van der Waals surface area contributed by atoms with Crippen molar-refractivity contribution in [2.24, 2.45) is 11.5 Å².